The second kappa shape index (κ2) is 7.70. The van der Waals surface area contributed by atoms with Crippen LogP contribution in [0, 0.1) is 13.8 Å². The lowest BCUT2D eigenvalue weighted by Crippen LogP contribution is -2.29. The van der Waals surface area contributed by atoms with Crippen molar-refractivity contribution >= 4 is 17.5 Å². The lowest BCUT2D eigenvalue weighted by molar-refractivity contribution is 0.0790. The monoisotopic (exact) mass is 372 g/mol. The van der Waals surface area contributed by atoms with Crippen LogP contribution in [0.1, 0.15) is 33.0 Å². The first-order valence-corrected chi connectivity index (χ1v) is 8.72. The molecule has 0 radical (unpaired) electrons. The second-order valence-electron chi connectivity index (χ2n) is 6.32. The van der Waals surface area contributed by atoms with Crippen molar-refractivity contribution in [2.75, 3.05) is 13.6 Å². The van der Waals surface area contributed by atoms with Crippen LogP contribution in [0.25, 0.3) is 0 Å². The molecular weight excluding hydrogens is 352 g/mol. The maximum Gasteiger partial charge on any atom is 0.275 e. The van der Waals surface area contributed by atoms with E-state index in [9.17, 15) is 4.79 Å². The Morgan fingerprint density at radius 2 is 2.00 bits per heavy atom. The molecular formula is C18H21ClN6O. The fraction of sp³-hybridized carbons (Fsp3) is 0.333. The van der Waals surface area contributed by atoms with Gasteiger partial charge < -0.3 is 4.90 Å². The lowest BCUT2D eigenvalue weighted by atomic mass is 10.1. The highest BCUT2D eigenvalue weighted by Crippen LogP contribution is 2.12. The minimum atomic E-state index is -0.147. The molecule has 0 atom stereocenters. The van der Waals surface area contributed by atoms with Crippen LogP contribution in [0.15, 0.2) is 30.5 Å². The van der Waals surface area contributed by atoms with Crippen molar-refractivity contribution in [3.8, 4) is 0 Å². The van der Waals surface area contributed by atoms with Crippen LogP contribution in [0.3, 0.4) is 0 Å². The van der Waals surface area contributed by atoms with Gasteiger partial charge in [-0.15, -0.1) is 5.10 Å². The van der Waals surface area contributed by atoms with Crippen LogP contribution in [-0.4, -0.2) is 49.6 Å². The third-order valence-corrected chi connectivity index (χ3v) is 4.59. The molecule has 1 amide bonds. The number of likely N-dealkylation sites (N-methyl/N-ethyl adjacent to an activating group) is 1. The number of aryl methyl sites for hydroxylation is 2. The number of aromatic amines is 1. The van der Waals surface area contributed by atoms with Crippen LogP contribution < -0.4 is 0 Å². The number of H-pyrrole nitrogens is 1. The van der Waals surface area contributed by atoms with E-state index < -0.39 is 0 Å². The zero-order valence-corrected chi connectivity index (χ0v) is 15.8. The first-order chi connectivity index (χ1) is 12.4. The number of benzene rings is 1. The summed E-state index contributed by atoms with van der Waals surface area (Å²) in [5.74, 6) is -0.147. The van der Waals surface area contributed by atoms with E-state index in [2.05, 4.69) is 20.5 Å². The molecule has 0 spiro atoms. The molecule has 3 rings (SSSR count). The second-order valence-corrected chi connectivity index (χ2v) is 6.75. The topological polar surface area (TPSA) is 79.7 Å². The van der Waals surface area contributed by atoms with Crippen LogP contribution in [0.5, 0.6) is 0 Å². The third kappa shape index (κ3) is 4.11. The fourth-order valence-electron chi connectivity index (χ4n) is 2.77. The van der Waals surface area contributed by atoms with Crippen LogP contribution in [0.2, 0.25) is 5.02 Å². The maximum atomic E-state index is 12.6. The Balaban J connectivity index is 1.60. The highest BCUT2D eigenvalue weighted by molar-refractivity contribution is 6.30. The number of carbonyl (C=O) groups is 1. The predicted molar refractivity (Wildman–Crippen MR) is 99.3 cm³/mol. The normalized spacial score (nSPS) is 10.9. The Morgan fingerprint density at radius 1 is 1.27 bits per heavy atom. The maximum absolute atomic E-state index is 12.6. The van der Waals surface area contributed by atoms with Crippen LogP contribution >= 0.6 is 11.6 Å². The molecule has 1 N–H and O–H groups in total. The summed E-state index contributed by atoms with van der Waals surface area (Å²) in [6.07, 6.45) is 2.41. The molecule has 0 saturated heterocycles. The zero-order chi connectivity index (χ0) is 18.7. The quantitative estimate of drug-likeness (QED) is 0.721. The van der Waals surface area contributed by atoms with Crippen molar-refractivity contribution in [3.05, 3.63) is 63.7 Å². The molecule has 0 fully saturated rings. The van der Waals surface area contributed by atoms with Gasteiger partial charge in [-0.3, -0.25) is 9.89 Å². The lowest BCUT2D eigenvalue weighted by Gasteiger charge is -2.15. The minimum absolute atomic E-state index is 0.147. The molecule has 2 heterocycles. The van der Waals surface area contributed by atoms with Crippen molar-refractivity contribution < 1.29 is 4.79 Å². The molecule has 0 saturated carbocycles. The third-order valence-electron chi connectivity index (χ3n) is 4.34. The van der Waals surface area contributed by atoms with Crippen molar-refractivity contribution in [2.45, 2.75) is 26.8 Å². The summed E-state index contributed by atoms with van der Waals surface area (Å²) in [5, 5.41) is 15.9. The molecule has 0 unspecified atom stereocenters. The number of amides is 1. The van der Waals surface area contributed by atoms with Crippen molar-refractivity contribution in [1.29, 1.82) is 0 Å². The van der Waals surface area contributed by atoms with Gasteiger partial charge in [0.25, 0.3) is 5.91 Å². The molecule has 2 aromatic heterocycles. The van der Waals surface area contributed by atoms with Gasteiger partial charge in [-0.05, 0) is 43.5 Å². The first kappa shape index (κ1) is 18.1. The van der Waals surface area contributed by atoms with Gasteiger partial charge in [0, 0.05) is 24.3 Å². The number of carbonyl (C=O) groups excluding carboxylic acids is 1. The molecule has 1 aromatic carbocycles. The van der Waals surface area contributed by atoms with E-state index in [1.165, 1.54) is 0 Å². The number of halogens is 1. The highest BCUT2D eigenvalue weighted by Gasteiger charge is 2.17. The van der Waals surface area contributed by atoms with Crippen molar-refractivity contribution in [2.24, 2.45) is 0 Å². The van der Waals surface area contributed by atoms with Crippen molar-refractivity contribution in [1.82, 2.24) is 30.1 Å². The molecule has 3 aromatic rings. The Morgan fingerprint density at radius 3 is 2.65 bits per heavy atom. The highest BCUT2D eigenvalue weighted by atomic mass is 35.5. The van der Waals surface area contributed by atoms with Gasteiger partial charge in [-0.25, -0.2) is 4.68 Å². The van der Waals surface area contributed by atoms with Crippen molar-refractivity contribution in [3.63, 3.8) is 0 Å². The summed E-state index contributed by atoms with van der Waals surface area (Å²) in [6, 6.07) is 7.50. The molecule has 0 aliphatic heterocycles. The van der Waals surface area contributed by atoms with E-state index in [1.807, 2.05) is 38.1 Å². The van der Waals surface area contributed by atoms with E-state index >= 15 is 0 Å². The number of nitrogens with zero attached hydrogens (tertiary/aromatic N) is 5. The molecule has 7 nitrogen and oxygen atoms in total. The number of nitrogens with one attached hydrogen (secondary N) is 1. The molecule has 8 heteroatoms. The van der Waals surface area contributed by atoms with E-state index in [1.54, 1.807) is 22.8 Å². The fourth-order valence-corrected chi connectivity index (χ4v) is 2.90. The standard InChI is InChI=1S/C18H21ClN6O/c1-12-16(13(2)21-20-12)8-9-24(3)18(26)17-11-25(23-22-17)10-14-4-6-15(19)7-5-14/h4-7,11H,8-10H2,1-3H3,(H,20,21). The van der Waals surface area contributed by atoms with Gasteiger partial charge >= 0.3 is 0 Å². The smallest absolute Gasteiger partial charge is 0.275 e. The summed E-state index contributed by atoms with van der Waals surface area (Å²) >= 11 is 5.89. The van der Waals surface area contributed by atoms with Crippen LogP contribution in [0.4, 0.5) is 0 Å². The van der Waals surface area contributed by atoms with Gasteiger partial charge in [-0.2, -0.15) is 5.10 Å². The van der Waals surface area contributed by atoms with E-state index in [4.69, 9.17) is 11.6 Å². The Bertz CT molecular complexity index is 879. The summed E-state index contributed by atoms with van der Waals surface area (Å²) in [4.78, 5) is 14.2. The van der Waals surface area contributed by atoms with Gasteiger partial charge in [0.2, 0.25) is 0 Å². The molecule has 136 valence electrons. The number of hydrogen-bond acceptors (Lipinski definition) is 4. The largest absolute Gasteiger partial charge is 0.340 e. The summed E-state index contributed by atoms with van der Waals surface area (Å²) < 4.78 is 1.65. The van der Waals surface area contributed by atoms with Crippen LogP contribution in [-0.2, 0) is 13.0 Å². The van der Waals surface area contributed by atoms with Gasteiger partial charge in [-0.1, -0.05) is 28.9 Å². The molecule has 26 heavy (non-hydrogen) atoms. The van der Waals surface area contributed by atoms with E-state index in [-0.39, 0.29) is 5.91 Å². The van der Waals surface area contributed by atoms with Gasteiger partial charge in [0.15, 0.2) is 5.69 Å². The average molecular weight is 373 g/mol. The predicted octanol–water partition coefficient (Wildman–Crippen LogP) is 2.63. The summed E-state index contributed by atoms with van der Waals surface area (Å²) in [6.45, 7) is 5.07. The zero-order valence-electron chi connectivity index (χ0n) is 15.0. The molecule has 0 aliphatic rings. The summed E-state index contributed by atoms with van der Waals surface area (Å²) in [5.41, 5.74) is 4.53. The summed E-state index contributed by atoms with van der Waals surface area (Å²) in [7, 11) is 1.77. The van der Waals surface area contributed by atoms with E-state index in [0.29, 0.717) is 23.8 Å². The number of hydrogen-bond donors (Lipinski definition) is 1. The number of aromatic nitrogens is 5. The minimum Gasteiger partial charge on any atom is -0.340 e. The molecule has 0 aliphatic carbocycles. The SMILES string of the molecule is Cc1n[nH]c(C)c1CCN(C)C(=O)c1cn(Cc2ccc(Cl)cc2)nn1. The first-order valence-electron chi connectivity index (χ1n) is 8.34. The van der Waals surface area contributed by atoms with Gasteiger partial charge in [0.05, 0.1) is 18.4 Å². The Kier molecular flexibility index (Phi) is 5.37. The molecule has 0 bridgehead atoms. The Labute approximate surface area is 157 Å². The Hall–Kier alpha value is -2.67. The van der Waals surface area contributed by atoms with Gasteiger partial charge in [0.1, 0.15) is 0 Å². The average Bonchev–Trinajstić information content (AvgIpc) is 3.21. The van der Waals surface area contributed by atoms with E-state index in [0.717, 1.165) is 28.9 Å². The number of rotatable bonds is 6.